The van der Waals surface area contributed by atoms with Crippen molar-refractivity contribution in [2.24, 2.45) is 0 Å². The van der Waals surface area contributed by atoms with Crippen LogP contribution in [0.5, 0.6) is 0 Å². The number of benzene rings is 4. The first-order valence-electron chi connectivity index (χ1n) is 18.3. The maximum absolute atomic E-state index is 3.90. The van der Waals surface area contributed by atoms with Crippen LogP contribution >= 0.6 is 24.8 Å². The Labute approximate surface area is 344 Å². The van der Waals surface area contributed by atoms with Gasteiger partial charge in [0.1, 0.15) is 0 Å². The van der Waals surface area contributed by atoms with Crippen molar-refractivity contribution in [2.75, 3.05) is 0 Å². The SMILES string of the molecule is CC(C)(C)c1[c-]c2c(cc1C(C)(C)C)-c1cc(C(C)(C)C)c(C(C)(C)C)cc1C2.Cc1ccc([C](=[Hf+2])c2ccc(C)cc2)cc1.Cl.Cl.[C-]1=CC=CC1. The molecule has 0 unspecified atom stereocenters. The molecule has 0 heterocycles. The van der Waals surface area contributed by atoms with Gasteiger partial charge in [-0.1, -0.05) is 106 Å². The molecule has 0 aromatic heterocycles. The number of aryl methyl sites for hydroxylation is 2. The van der Waals surface area contributed by atoms with Gasteiger partial charge in [0.15, 0.2) is 0 Å². The molecule has 0 bridgehead atoms. The Hall–Kier alpha value is -2.32. The summed E-state index contributed by atoms with van der Waals surface area (Å²) in [5.41, 5.74) is 17.3. The van der Waals surface area contributed by atoms with Crippen molar-refractivity contribution in [1.82, 2.24) is 0 Å². The monoisotopic (exact) mass is 900 g/mol. The maximum Gasteiger partial charge on any atom is -0.109 e. The second-order valence-corrected chi connectivity index (χ2v) is 20.1. The second-order valence-electron chi connectivity index (χ2n) is 18.3. The Kier molecular flexibility index (Phi) is 15.8. The molecule has 0 atom stereocenters. The van der Waals surface area contributed by atoms with Crippen LogP contribution in [-0.4, -0.2) is 3.26 Å². The molecule has 0 nitrogen and oxygen atoms in total. The van der Waals surface area contributed by atoms with Crippen LogP contribution in [0, 0.1) is 26.0 Å². The summed E-state index contributed by atoms with van der Waals surface area (Å²) >= 11 is 1.08. The van der Waals surface area contributed by atoms with Crippen molar-refractivity contribution in [3.63, 3.8) is 0 Å². The van der Waals surface area contributed by atoms with Gasteiger partial charge in [0, 0.05) is 0 Å². The van der Waals surface area contributed by atoms with Crippen LogP contribution in [0.2, 0.25) is 0 Å². The Balaban J connectivity index is 0.000000340. The summed E-state index contributed by atoms with van der Waals surface area (Å²) in [5, 5.41) is 0. The Morgan fingerprint density at radius 2 is 1.02 bits per heavy atom. The van der Waals surface area contributed by atoms with Gasteiger partial charge in [-0.15, -0.1) is 47.9 Å². The van der Waals surface area contributed by atoms with E-state index in [9.17, 15) is 0 Å². The molecule has 4 aromatic carbocycles. The van der Waals surface area contributed by atoms with E-state index >= 15 is 0 Å². The number of rotatable bonds is 2. The fourth-order valence-electron chi connectivity index (χ4n) is 6.57. The zero-order valence-corrected chi connectivity index (χ0v) is 39.5. The third kappa shape index (κ3) is 11.6. The van der Waals surface area contributed by atoms with Gasteiger partial charge in [-0.2, -0.15) is 23.8 Å². The third-order valence-electron chi connectivity index (χ3n) is 9.50. The predicted molar refractivity (Wildman–Crippen MR) is 230 cm³/mol. The van der Waals surface area contributed by atoms with E-state index in [1.807, 2.05) is 12.2 Å². The van der Waals surface area contributed by atoms with Crippen molar-refractivity contribution < 1.29 is 23.9 Å². The Morgan fingerprint density at radius 1 is 0.577 bits per heavy atom. The van der Waals surface area contributed by atoms with Gasteiger partial charge in [0.05, 0.1) is 0 Å². The second kappa shape index (κ2) is 17.9. The van der Waals surface area contributed by atoms with Crippen LogP contribution < -0.4 is 0 Å². The summed E-state index contributed by atoms with van der Waals surface area (Å²) in [4.78, 5) is 0. The van der Waals surface area contributed by atoms with Crippen molar-refractivity contribution in [1.29, 1.82) is 0 Å². The van der Waals surface area contributed by atoms with Crippen molar-refractivity contribution in [3.05, 3.63) is 153 Å². The molecule has 0 saturated heterocycles. The standard InChI is InChI=1S/C29H41.C15H14.C5H5.2ClH.Hf/c1-26(2,3)22-14-18-13-19-15-23(27(4,5)6)25(29(10,11)12)17-21(19)20(18)16-24(22)28(7,8)9;1-12-3-7-14(8-4-12)11-15-9-5-13(2)6-10-15;1-2-4-5-3-1;;;/h14,16-17H,13H2,1-12H3;3-10H,1-2H3;1-3H,4H2;2*1H;/q-1;;-1;;;+2. The van der Waals surface area contributed by atoms with E-state index in [-0.39, 0.29) is 46.5 Å². The number of halogens is 2. The minimum Gasteiger partial charge on any atom is -0.273 e. The molecule has 2 aliphatic rings. The molecule has 2 aliphatic carbocycles. The summed E-state index contributed by atoms with van der Waals surface area (Å²) in [6, 6.07) is 29.0. The molecule has 52 heavy (non-hydrogen) atoms. The molecule has 6 rings (SSSR count). The smallest absolute Gasteiger partial charge is 0.109 e. The van der Waals surface area contributed by atoms with Crippen LogP contribution in [0.4, 0.5) is 0 Å². The number of fused-ring (bicyclic) bond motifs is 3. The number of hydrogen-bond donors (Lipinski definition) is 0. The molecule has 0 saturated carbocycles. The fraction of sp³-hybridized carbons (Fsp3) is 0.408. The maximum atomic E-state index is 3.90. The van der Waals surface area contributed by atoms with Gasteiger partial charge in [-0.05, 0) is 39.4 Å². The molecule has 3 heteroatoms. The van der Waals surface area contributed by atoms with Crippen molar-refractivity contribution >= 4 is 28.1 Å². The molecule has 0 amide bonds. The van der Waals surface area contributed by atoms with Gasteiger partial charge < -0.3 is 0 Å². The minimum absolute atomic E-state index is 0. The van der Waals surface area contributed by atoms with Gasteiger partial charge in [0.2, 0.25) is 0 Å². The summed E-state index contributed by atoms with van der Waals surface area (Å²) in [7, 11) is 0. The van der Waals surface area contributed by atoms with Gasteiger partial charge in [0.25, 0.3) is 0 Å². The van der Waals surface area contributed by atoms with E-state index in [4.69, 9.17) is 0 Å². The zero-order chi connectivity index (χ0) is 37.2. The molecule has 0 radical (unpaired) electrons. The topological polar surface area (TPSA) is 0 Å². The molecule has 0 aliphatic heterocycles. The normalized spacial score (nSPS) is 13.1. The predicted octanol–water partition coefficient (Wildman–Crippen LogP) is 13.8. The quantitative estimate of drug-likeness (QED) is 0.122. The molecule has 0 spiro atoms. The first-order valence-corrected chi connectivity index (χ1v) is 20.1. The van der Waals surface area contributed by atoms with Crippen LogP contribution in [0.3, 0.4) is 0 Å². The largest absolute Gasteiger partial charge is 0.273 e. The van der Waals surface area contributed by atoms with E-state index in [0.29, 0.717) is 0 Å². The summed E-state index contributed by atoms with van der Waals surface area (Å²) in [6.07, 6.45) is 11.0. The Bertz CT molecular complexity index is 1740. The van der Waals surface area contributed by atoms with Crippen LogP contribution in [0.25, 0.3) is 11.1 Å². The van der Waals surface area contributed by atoms with E-state index in [0.717, 1.165) is 36.7 Å². The van der Waals surface area contributed by atoms with Gasteiger partial charge in [-0.3, -0.25) is 6.08 Å². The third-order valence-corrected chi connectivity index (χ3v) is 11.6. The van der Waals surface area contributed by atoms with E-state index < -0.39 is 0 Å². The summed E-state index contributed by atoms with van der Waals surface area (Å²) < 4.78 is 1.47. The summed E-state index contributed by atoms with van der Waals surface area (Å²) in [5.74, 6) is 0. The van der Waals surface area contributed by atoms with Gasteiger partial charge >= 0.3 is 112 Å². The molecular weight excluding hydrogens is 838 g/mol. The first kappa shape index (κ1) is 45.8. The molecule has 0 N–H and O–H groups in total. The van der Waals surface area contributed by atoms with Crippen LogP contribution in [-0.2, 0) is 52.0 Å². The van der Waals surface area contributed by atoms with Crippen LogP contribution in [0.1, 0.15) is 145 Å². The molecule has 276 valence electrons. The van der Waals surface area contributed by atoms with E-state index in [1.165, 1.54) is 70.0 Å². The van der Waals surface area contributed by atoms with Gasteiger partial charge in [-0.25, -0.2) is 12.2 Å². The molecule has 4 aromatic rings. The zero-order valence-electron chi connectivity index (χ0n) is 34.3. The fourth-order valence-corrected chi connectivity index (χ4v) is 7.77. The first-order chi connectivity index (χ1) is 23.1. The number of allylic oxidation sites excluding steroid dienone is 4. The van der Waals surface area contributed by atoms with Crippen molar-refractivity contribution in [2.45, 2.75) is 131 Å². The average molecular weight is 900 g/mol. The molecule has 0 fully saturated rings. The van der Waals surface area contributed by atoms with Crippen molar-refractivity contribution in [3.8, 4) is 11.1 Å². The van der Waals surface area contributed by atoms with Crippen LogP contribution in [0.15, 0.2) is 85.0 Å². The minimum atomic E-state index is 0. The van der Waals surface area contributed by atoms with E-state index in [1.54, 1.807) is 0 Å². The molecular formula is C49H62Cl2Hf. The Morgan fingerprint density at radius 3 is 1.38 bits per heavy atom. The summed E-state index contributed by atoms with van der Waals surface area (Å²) in [6.45, 7) is 32.2. The number of hydrogen-bond acceptors (Lipinski definition) is 0. The van der Waals surface area contributed by atoms with E-state index in [2.05, 4.69) is 182 Å². The average Bonchev–Trinajstić information content (AvgIpc) is 3.71.